The van der Waals surface area contributed by atoms with Crippen molar-refractivity contribution in [1.29, 1.82) is 0 Å². The van der Waals surface area contributed by atoms with Crippen molar-refractivity contribution in [3.05, 3.63) is 102 Å². The number of imidazole rings is 1. The number of carbonyl (C=O) groups is 1. The van der Waals surface area contributed by atoms with Crippen molar-refractivity contribution < 1.29 is 9.53 Å². The molecule has 3 aromatic carbocycles. The van der Waals surface area contributed by atoms with E-state index in [-0.39, 0.29) is 5.91 Å². The van der Waals surface area contributed by atoms with E-state index in [4.69, 9.17) is 4.74 Å². The second-order valence-corrected chi connectivity index (χ2v) is 6.72. The SMILES string of the molecule is Cc1ccc(-c2ncc[nH]2)cc1NC(=O)c1ccc(OCc2ccccc2)cc1. The van der Waals surface area contributed by atoms with Crippen LogP contribution in [0.2, 0.25) is 0 Å². The lowest BCUT2D eigenvalue weighted by Gasteiger charge is -2.11. The van der Waals surface area contributed by atoms with Crippen molar-refractivity contribution in [3.8, 4) is 17.1 Å². The Morgan fingerprint density at radius 2 is 1.83 bits per heavy atom. The van der Waals surface area contributed by atoms with Crippen molar-refractivity contribution >= 4 is 11.6 Å². The number of hydrogen-bond donors (Lipinski definition) is 2. The van der Waals surface area contributed by atoms with Crippen LogP contribution in [-0.2, 0) is 6.61 Å². The highest BCUT2D eigenvalue weighted by atomic mass is 16.5. The molecule has 0 atom stereocenters. The quantitative estimate of drug-likeness (QED) is 0.480. The molecule has 5 nitrogen and oxygen atoms in total. The Morgan fingerprint density at radius 3 is 2.55 bits per heavy atom. The molecule has 4 rings (SSSR count). The number of hydrogen-bond acceptors (Lipinski definition) is 3. The molecular weight excluding hydrogens is 362 g/mol. The van der Waals surface area contributed by atoms with E-state index in [1.54, 1.807) is 24.5 Å². The number of ether oxygens (including phenoxy) is 1. The van der Waals surface area contributed by atoms with E-state index in [0.717, 1.165) is 34.0 Å². The van der Waals surface area contributed by atoms with Gasteiger partial charge in [0.15, 0.2) is 0 Å². The molecule has 0 saturated heterocycles. The summed E-state index contributed by atoms with van der Waals surface area (Å²) in [5.74, 6) is 1.32. The minimum atomic E-state index is -0.167. The Hall–Kier alpha value is -3.86. The number of carbonyl (C=O) groups excluding carboxylic acids is 1. The molecule has 0 unspecified atom stereocenters. The first-order chi connectivity index (χ1) is 14.2. The van der Waals surface area contributed by atoms with E-state index in [0.29, 0.717) is 12.2 Å². The minimum absolute atomic E-state index is 0.167. The molecule has 0 saturated carbocycles. The van der Waals surface area contributed by atoms with Crippen LogP contribution in [-0.4, -0.2) is 15.9 Å². The Balaban J connectivity index is 1.43. The fourth-order valence-corrected chi connectivity index (χ4v) is 2.97. The second kappa shape index (κ2) is 8.44. The monoisotopic (exact) mass is 383 g/mol. The van der Waals surface area contributed by atoms with Gasteiger partial charge in [-0.15, -0.1) is 0 Å². The van der Waals surface area contributed by atoms with Gasteiger partial charge >= 0.3 is 0 Å². The molecular formula is C24H21N3O2. The molecule has 29 heavy (non-hydrogen) atoms. The van der Waals surface area contributed by atoms with Crippen LogP contribution in [0.1, 0.15) is 21.5 Å². The Kier molecular flexibility index (Phi) is 5.38. The van der Waals surface area contributed by atoms with Gasteiger partial charge in [0, 0.05) is 29.2 Å². The lowest BCUT2D eigenvalue weighted by molar-refractivity contribution is 0.102. The Bertz CT molecular complexity index is 1090. The third-order valence-electron chi connectivity index (χ3n) is 4.62. The summed E-state index contributed by atoms with van der Waals surface area (Å²) < 4.78 is 5.78. The minimum Gasteiger partial charge on any atom is -0.489 e. The van der Waals surface area contributed by atoms with Crippen LogP contribution in [0.5, 0.6) is 5.75 Å². The fourth-order valence-electron chi connectivity index (χ4n) is 2.97. The predicted molar refractivity (Wildman–Crippen MR) is 114 cm³/mol. The zero-order chi connectivity index (χ0) is 20.1. The summed E-state index contributed by atoms with van der Waals surface area (Å²) in [6.45, 7) is 2.45. The van der Waals surface area contributed by atoms with E-state index in [1.807, 2.05) is 67.6 Å². The standard InChI is InChI=1S/C24H21N3O2/c1-17-7-8-20(23-25-13-14-26-23)15-22(17)27-24(28)19-9-11-21(12-10-19)29-16-18-5-3-2-4-6-18/h2-15H,16H2,1H3,(H,25,26)(H,27,28). The van der Waals surface area contributed by atoms with Crippen LogP contribution < -0.4 is 10.1 Å². The number of H-pyrrole nitrogens is 1. The van der Waals surface area contributed by atoms with Gasteiger partial charge in [0.25, 0.3) is 5.91 Å². The lowest BCUT2D eigenvalue weighted by Crippen LogP contribution is -2.12. The van der Waals surface area contributed by atoms with Gasteiger partial charge in [-0.3, -0.25) is 4.79 Å². The maximum atomic E-state index is 12.7. The first kappa shape index (κ1) is 18.5. The molecule has 0 aliphatic rings. The third-order valence-corrected chi connectivity index (χ3v) is 4.62. The van der Waals surface area contributed by atoms with Gasteiger partial charge in [-0.2, -0.15) is 0 Å². The van der Waals surface area contributed by atoms with Crippen LogP contribution in [0.25, 0.3) is 11.4 Å². The Labute approximate surface area is 169 Å². The molecule has 4 aromatic rings. The molecule has 1 amide bonds. The molecule has 0 fully saturated rings. The average Bonchev–Trinajstić information content (AvgIpc) is 3.30. The molecule has 144 valence electrons. The van der Waals surface area contributed by atoms with Gasteiger partial charge in [0.05, 0.1) is 0 Å². The van der Waals surface area contributed by atoms with Crippen molar-refractivity contribution in [2.75, 3.05) is 5.32 Å². The van der Waals surface area contributed by atoms with Gasteiger partial charge in [-0.1, -0.05) is 42.5 Å². The molecule has 0 aliphatic carbocycles. The summed E-state index contributed by atoms with van der Waals surface area (Å²) in [4.78, 5) is 20.0. The zero-order valence-electron chi connectivity index (χ0n) is 16.1. The number of rotatable bonds is 6. The van der Waals surface area contributed by atoms with Crippen molar-refractivity contribution in [2.45, 2.75) is 13.5 Å². The van der Waals surface area contributed by atoms with Crippen LogP contribution in [0.3, 0.4) is 0 Å². The molecule has 2 N–H and O–H groups in total. The molecule has 0 bridgehead atoms. The number of aryl methyl sites for hydroxylation is 1. The number of nitrogens with one attached hydrogen (secondary N) is 2. The molecule has 1 aromatic heterocycles. The Morgan fingerprint density at radius 1 is 1.03 bits per heavy atom. The van der Waals surface area contributed by atoms with Gasteiger partial charge < -0.3 is 15.0 Å². The van der Waals surface area contributed by atoms with Crippen LogP contribution in [0.15, 0.2) is 85.2 Å². The number of aromatic nitrogens is 2. The third kappa shape index (κ3) is 4.52. The van der Waals surface area contributed by atoms with E-state index in [9.17, 15) is 4.79 Å². The number of anilines is 1. The topological polar surface area (TPSA) is 67.0 Å². The van der Waals surface area contributed by atoms with E-state index >= 15 is 0 Å². The largest absolute Gasteiger partial charge is 0.489 e. The summed E-state index contributed by atoms with van der Waals surface area (Å²) in [6, 6.07) is 23.0. The summed E-state index contributed by atoms with van der Waals surface area (Å²) in [7, 11) is 0. The van der Waals surface area contributed by atoms with Crippen LogP contribution in [0, 0.1) is 6.92 Å². The molecule has 1 heterocycles. The average molecular weight is 383 g/mol. The summed E-state index contributed by atoms with van der Waals surface area (Å²) in [5, 5.41) is 2.98. The maximum Gasteiger partial charge on any atom is 0.255 e. The predicted octanol–water partition coefficient (Wildman–Crippen LogP) is 5.22. The second-order valence-electron chi connectivity index (χ2n) is 6.72. The highest BCUT2D eigenvalue weighted by Gasteiger charge is 2.10. The number of aromatic amines is 1. The van der Waals surface area contributed by atoms with Crippen LogP contribution >= 0.6 is 0 Å². The smallest absolute Gasteiger partial charge is 0.255 e. The highest BCUT2D eigenvalue weighted by molar-refractivity contribution is 6.05. The molecule has 5 heteroatoms. The molecule has 0 spiro atoms. The van der Waals surface area contributed by atoms with Gasteiger partial charge in [-0.25, -0.2) is 4.98 Å². The first-order valence-corrected chi connectivity index (χ1v) is 9.37. The summed E-state index contributed by atoms with van der Waals surface area (Å²) >= 11 is 0. The highest BCUT2D eigenvalue weighted by Crippen LogP contribution is 2.24. The lowest BCUT2D eigenvalue weighted by atomic mass is 10.1. The summed E-state index contributed by atoms with van der Waals surface area (Å²) in [5.41, 5.74) is 4.33. The molecule has 0 radical (unpaired) electrons. The summed E-state index contributed by atoms with van der Waals surface area (Å²) in [6.07, 6.45) is 3.48. The number of benzene rings is 3. The number of amides is 1. The van der Waals surface area contributed by atoms with Gasteiger partial charge in [0.2, 0.25) is 0 Å². The van der Waals surface area contributed by atoms with Crippen molar-refractivity contribution in [3.63, 3.8) is 0 Å². The normalized spacial score (nSPS) is 10.5. The maximum absolute atomic E-state index is 12.7. The van der Waals surface area contributed by atoms with Crippen molar-refractivity contribution in [2.24, 2.45) is 0 Å². The van der Waals surface area contributed by atoms with Crippen LogP contribution in [0.4, 0.5) is 5.69 Å². The van der Waals surface area contributed by atoms with Gasteiger partial charge in [0.1, 0.15) is 18.2 Å². The van der Waals surface area contributed by atoms with E-state index in [1.165, 1.54) is 0 Å². The number of nitrogens with zero attached hydrogens (tertiary/aromatic N) is 1. The molecule has 0 aliphatic heterocycles. The van der Waals surface area contributed by atoms with E-state index in [2.05, 4.69) is 15.3 Å². The zero-order valence-corrected chi connectivity index (χ0v) is 16.1. The fraction of sp³-hybridized carbons (Fsp3) is 0.0833. The van der Waals surface area contributed by atoms with Crippen molar-refractivity contribution in [1.82, 2.24) is 9.97 Å². The first-order valence-electron chi connectivity index (χ1n) is 9.37. The van der Waals surface area contributed by atoms with E-state index < -0.39 is 0 Å². The van der Waals surface area contributed by atoms with Gasteiger partial charge in [-0.05, 0) is 48.4 Å².